The first kappa shape index (κ1) is 21.7. The van der Waals surface area contributed by atoms with Gasteiger partial charge in [0.25, 0.3) is 5.91 Å². The highest BCUT2D eigenvalue weighted by Gasteiger charge is 2.36. The van der Waals surface area contributed by atoms with Crippen LogP contribution in [-0.4, -0.2) is 53.0 Å². The van der Waals surface area contributed by atoms with Crippen LogP contribution in [0.5, 0.6) is 0 Å². The Balaban J connectivity index is 1.42. The normalized spacial score (nSPS) is 24.9. The lowest BCUT2D eigenvalue weighted by Gasteiger charge is -2.44. The summed E-state index contributed by atoms with van der Waals surface area (Å²) >= 11 is 1.53. The highest BCUT2D eigenvalue weighted by atomic mass is 32.2. The summed E-state index contributed by atoms with van der Waals surface area (Å²) in [6.07, 6.45) is 13.4. The van der Waals surface area contributed by atoms with Gasteiger partial charge >= 0.3 is 0 Å². The van der Waals surface area contributed by atoms with Crippen molar-refractivity contribution >= 4 is 23.6 Å². The van der Waals surface area contributed by atoms with Crippen LogP contribution < -0.4 is 0 Å². The van der Waals surface area contributed by atoms with Crippen LogP contribution in [0.1, 0.15) is 81.0 Å². The molecule has 0 bridgehead atoms. The summed E-state index contributed by atoms with van der Waals surface area (Å²) in [5.74, 6) is 1.44. The van der Waals surface area contributed by atoms with Crippen molar-refractivity contribution in [2.24, 2.45) is 5.92 Å². The average Bonchev–Trinajstić information content (AvgIpc) is 2.82. The third-order valence-corrected chi connectivity index (χ3v) is 8.55. The molecule has 1 heterocycles. The number of carbonyl (C=O) groups excluding carboxylic acids is 2. The van der Waals surface area contributed by atoms with Gasteiger partial charge in [-0.15, -0.1) is 11.8 Å². The number of piperidine rings is 1. The van der Waals surface area contributed by atoms with Gasteiger partial charge in [-0.2, -0.15) is 0 Å². The van der Waals surface area contributed by atoms with E-state index in [1.807, 2.05) is 36.2 Å². The molecule has 4 nitrogen and oxygen atoms in total. The Morgan fingerprint density at radius 1 is 0.967 bits per heavy atom. The Labute approximate surface area is 185 Å². The van der Waals surface area contributed by atoms with Crippen LogP contribution >= 0.6 is 11.8 Å². The van der Waals surface area contributed by atoms with Gasteiger partial charge in [0.2, 0.25) is 5.91 Å². The molecule has 2 aliphatic carbocycles. The molecule has 1 aromatic rings. The number of nitrogens with zero attached hydrogens (tertiary/aromatic N) is 2. The number of amides is 2. The maximum atomic E-state index is 13.5. The predicted molar refractivity (Wildman–Crippen MR) is 123 cm³/mol. The van der Waals surface area contributed by atoms with Crippen molar-refractivity contribution in [2.45, 2.75) is 87.6 Å². The Kier molecular flexibility index (Phi) is 7.40. The molecule has 0 aromatic heterocycles. The minimum atomic E-state index is 0.169. The second-order valence-electron chi connectivity index (χ2n) is 9.33. The Bertz CT molecular complexity index is 744. The lowest BCUT2D eigenvalue weighted by atomic mass is 9.78. The standard InChI is InChI=1S/C25H36N2O2S/c1-26(20-12-3-2-4-13-20)24(28)18-30-23-16-8-6-14-21(23)25(29)27-17-9-11-19-10-5-7-15-22(19)27/h6,8,14,16,19-20,22H,2-5,7,9-13,15,17-18H2,1H3. The van der Waals surface area contributed by atoms with Crippen LogP contribution in [0, 0.1) is 5.92 Å². The zero-order valence-corrected chi connectivity index (χ0v) is 19.2. The van der Waals surface area contributed by atoms with Gasteiger partial charge in [0, 0.05) is 30.6 Å². The second kappa shape index (κ2) is 10.2. The molecule has 2 amide bonds. The van der Waals surface area contributed by atoms with Crippen molar-refractivity contribution in [1.82, 2.24) is 9.80 Å². The molecule has 2 saturated carbocycles. The Morgan fingerprint density at radius 2 is 1.67 bits per heavy atom. The maximum absolute atomic E-state index is 13.5. The number of fused-ring (bicyclic) bond motifs is 1. The number of rotatable bonds is 5. The van der Waals surface area contributed by atoms with Crippen LogP contribution in [0.25, 0.3) is 0 Å². The molecule has 1 aliphatic heterocycles. The summed E-state index contributed by atoms with van der Waals surface area (Å²) in [6.45, 7) is 0.877. The number of likely N-dealkylation sites (tertiary alicyclic amines) is 1. The molecule has 5 heteroatoms. The summed E-state index contributed by atoms with van der Waals surface area (Å²) in [7, 11) is 1.95. The predicted octanol–water partition coefficient (Wildman–Crippen LogP) is 5.36. The molecule has 30 heavy (non-hydrogen) atoms. The number of hydrogen-bond acceptors (Lipinski definition) is 3. The zero-order valence-electron chi connectivity index (χ0n) is 18.4. The van der Waals surface area contributed by atoms with Crippen molar-refractivity contribution in [2.75, 3.05) is 19.3 Å². The lowest BCUT2D eigenvalue weighted by Crippen LogP contribution is -2.49. The molecule has 4 rings (SSSR count). The molecule has 2 atom stereocenters. The first-order chi connectivity index (χ1) is 14.6. The topological polar surface area (TPSA) is 40.6 Å². The van der Waals surface area contributed by atoms with Gasteiger partial charge in [0.05, 0.1) is 11.3 Å². The number of thioether (sulfide) groups is 1. The third-order valence-electron chi connectivity index (χ3n) is 7.49. The fourth-order valence-corrected chi connectivity index (χ4v) is 6.68. The minimum Gasteiger partial charge on any atom is -0.342 e. The summed E-state index contributed by atoms with van der Waals surface area (Å²) in [6, 6.07) is 8.70. The lowest BCUT2D eigenvalue weighted by molar-refractivity contribution is -0.129. The first-order valence-corrected chi connectivity index (χ1v) is 12.9. The minimum absolute atomic E-state index is 0.169. The summed E-state index contributed by atoms with van der Waals surface area (Å²) in [5.41, 5.74) is 0.779. The van der Waals surface area contributed by atoms with Crippen LogP contribution in [0.4, 0.5) is 0 Å². The van der Waals surface area contributed by atoms with Crippen molar-refractivity contribution in [1.29, 1.82) is 0 Å². The number of hydrogen-bond donors (Lipinski definition) is 0. The van der Waals surface area contributed by atoms with Crippen LogP contribution in [-0.2, 0) is 4.79 Å². The molecular weight excluding hydrogens is 392 g/mol. The molecular formula is C25H36N2O2S. The first-order valence-electron chi connectivity index (χ1n) is 11.9. The van der Waals surface area contributed by atoms with Crippen molar-refractivity contribution in [3.63, 3.8) is 0 Å². The molecule has 164 valence electrons. The van der Waals surface area contributed by atoms with Gasteiger partial charge in [-0.3, -0.25) is 9.59 Å². The fraction of sp³-hybridized carbons (Fsp3) is 0.680. The van der Waals surface area contributed by atoms with Crippen LogP contribution in [0.3, 0.4) is 0 Å². The number of benzene rings is 1. The van der Waals surface area contributed by atoms with E-state index in [1.165, 1.54) is 56.7 Å². The smallest absolute Gasteiger partial charge is 0.255 e. The van der Waals surface area contributed by atoms with Gasteiger partial charge in [0.15, 0.2) is 0 Å². The second-order valence-corrected chi connectivity index (χ2v) is 10.4. The summed E-state index contributed by atoms with van der Waals surface area (Å²) < 4.78 is 0. The van der Waals surface area contributed by atoms with E-state index in [-0.39, 0.29) is 11.8 Å². The van der Waals surface area contributed by atoms with Crippen molar-refractivity contribution < 1.29 is 9.59 Å². The van der Waals surface area contributed by atoms with E-state index in [0.29, 0.717) is 23.8 Å². The third kappa shape index (κ3) is 4.87. The molecule has 3 aliphatic rings. The SMILES string of the molecule is CN(C(=O)CSc1ccccc1C(=O)N1CCCC2CCCCC21)C1CCCCC1. The van der Waals surface area contributed by atoms with E-state index in [2.05, 4.69) is 4.90 Å². The molecule has 3 fully saturated rings. The van der Waals surface area contributed by atoms with Crippen molar-refractivity contribution in [3.05, 3.63) is 29.8 Å². The molecule has 0 radical (unpaired) electrons. The molecule has 2 unspecified atom stereocenters. The average molecular weight is 429 g/mol. The zero-order chi connectivity index (χ0) is 20.9. The molecule has 0 N–H and O–H groups in total. The van der Waals surface area contributed by atoms with Crippen LogP contribution in [0.15, 0.2) is 29.2 Å². The molecule has 1 saturated heterocycles. The largest absolute Gasteiger partial charge is 0.342 e. The van der Waals surface area contributed by atoms with Crippen LogP contribution in [0.2, 0.25) is 0 Å². The Morgan fingerprint density at radius 3 is 2.50 bits per heavy atom. The van der Waals surface area contributed by atoms with E-state index >= 15 is 0 Å². The highest BCUT2D eigenvalue weighted by molar-refractivity contribution is 8.00. The number of carbonyl (C=O) groups is 2. The van der Waals surface area contributed by atoms with E-state index in [0.717, 1.165) is 42.7 Å². The summed E-state index contributed by atoms with van der Waals surface area (Å²) in [5, 5.41) is 0. The maximum Gasteiger partial charge on any atom is 0.255 e. The molecule has 0 spiro atoms. The van der Waals surface area contributed by atoms with Gasteiger partial charge in [-0.25, -0.2) is 0 Å². The molecule has 1 aromatic carbocycles. The van der Waals surface area contributed by atoms with Gasteiger partial charge in [0.1, 0.15) is 0 Å². The summed E-state index contributed by atoms with van der Waals surface area (Å²) in [4.78, 5) is 31.4. The highest BCUT2D eigenvalue weighted by Crippen LogP contribution is 2.37. The van der Waals surface area contributed by atoms with E-state index in [4.69, 9.17) is 0 Å². The van der Waals surface area contributed by atoms with Crippen molar-refractivity contribution in [3.8, 4) is 0 Å². The quantitative estimate of drug-likeness (QED) is 0.593. The van der Waals surface area contributed by atoms with E-state index in [9.17, 15) is 9.59 Å². The van der Waals surface area contributed by atoms with E-state index in [1.54, 1.807) is 0 Å². The fourth-order valence-electron chi connectivity index (χ4n) is 5.71. The van der Waals surface area contributed by atoms with E-state index < -0.39 is 0 Å². The monoisotopic (exact) mass is 428 g/mol. The van der Waals surface area contributed by atoms with Gasteiger partial charge in [-0.1, -0.05) is 44.2 Å². The van der Waals surface area contributed by atoms with Gasteiger partial charge in [-0.05, 0) is 56.6 Å². The Hall–Kier alpha value is -1.49. The van der Waals surface area contributed by atoms with Gasteiger partial charge < -0.3 is 9.80 Å².